The summed E-state index contributed by atoms with van der Waals surface area (Å²) in [7, 11) is 0. The normalized spacial score (nSPS) is 10.3. The van der Waals surface area contributed by atoms with E-state index in [-0.39, 0.29) is 11.3 Å². The van der Waals surface area contributed by atoms with E-state index in [9.17, 15) is 9.59 Å². The Bertz CT molecular complexity index is 1170. The van der Waals surface area contributed by atoms with Crippen molar-refractivity contribution in [2.24, 2.45) is 0 Å². The molecule has 4 aromatic rings. The minimum absolute atomic E-state index is 0.153. The molecule has 1 aromatic heterocycles. The fourth-order valence-electron chi connectivity index (χ4n) is 2.81. The van der Waals surface area contributed by atoms with Crippen LogP contribution in [-0.2, 0) is 0 Å². The number of carbonyl (C=O) groups is 1. The molecular formula is C23H18N4O2. The Hall–Kier alpha value is -4.19. The summed E-state index contributed by atoms with van der Waals surface area (Å²) in [4.78, 5) is 24.7. The molecule has 142 valence electrons. The molecule has 0 aliphatic carbocycles. The van der Waals surface area contributed by atoms with Crippen LogP contribution in [0.5, 0.6) is 0 Å². The van der Waals surface area contributed by atoms with Gasteiger partial charge in [-0.2, -0.15) is 9.78 Å². The van der Waals surface area contributed by atoms with Crippen LogP contribution in [0, 0.1) is 0 Å². The van der Waals surface area contributed by atoms with E-state index in [1.165, 1.54) is 16.8 Å². The molecule has 0 unspecified atom stereocenters. The number of carbonyl (C=O) groups excluding carboxylic acids is 1. The summed E-state index contributed by atoms with van der Waals surface area (Å²) in [5.41, 5.74) is 2.97. The van der Waals surface area contributed by atoms with E-state index in [0.717, 1.165) is 11.4 Å². The number of anilines is 3. The largest absolute Gasteiger partial charge is 0.356 e. The van der Waals surface area contributed by atoms with Crippen molar-refractivity contribution in [3.05, 3.63) is 113 Å². The Balaban J connectivity index is 1.49. The van der Waals surface area contributed by atoms with E-state index in [0.29, 0.717) is 11.4 Å². The monoisotopic (exact) mass is 382 g/mol. The van der Waals surface area contributed by atoms with Crippen molar-refractivity contribution in [1.82, 2.24) is 9.78 Å². The van der Waals surface area contributed by atoms with Gasteiger partial charge in [0.05, 0.1) is 5.69 Å². The first-order valence-corrected chi connectivity index (χ1v) is 9.08. The fourth-order valence-corrected chi connectivity index (χ4v) is 2.81. The number of aromatic nitrogens is 2. The average molecular weight is 382 g/mol. The average Bonchev–Trinajstić information content (AvgIpc) is 2.77. The number of hydrogen-bond donors (Lipinski definition) is 2. The van der Waals surface area contributed by atoms with E-state index >= 15 is 0 Å². The summed E-state index contributed by atoms with van der Waals surface area (Å²) in [5.74, 6) is -0.390. The zero-order valence-corrected chi connectivity index (χ0v) is 15.4. The molecule has 0 fully saturated rings. The summed E-state index contributed by atoms with van der Waals surface area (Å²) in [6.45, 7) is 0. The molecule has 0 radical (unpaired) electrons. The SMILES string of the molecule is O=C(Nc1ccc(Nc2ccccc2)cc1)c1ccc(=O)n(-c2ccccc2)n1. The van der Waals surface area contributed by atoms with Crippen LogP contribution in [0.3, 0.4) is 0 Å². The maximum atomic E-state index is 12.6. The third kappa shape index (κ3) is 4.39. The van der Waals surface area contributed by atoms with E-state index < -0.39 is 5.91 Å². The van der Waals surface area contributed by atoms with Gasteiger partial charge >= 0.3 is 0 Å². The molecule has 0 spiro atoms. The molecule has 29 heavy (non-hydrogen) atoms. The Kier molecular flexibility index (Phi) is 5.16. The summed E-state index contributed by atoms with van der Waals surface area (Å²) in [6, 6.07) is 28.9. The van der Waals surface area contributed by atoms with Gasteiger partial charge in [-0.15, -0.1) is 0 Å². The Morgan fingerprint density at radius 1 is 0.690 bits per heavy atom. The fraction of sp³-hybridized carbons (Fsp3) is 0. The predicted octanol–water partition coefficient (Wildman–Crippen LogP) is 4.23. The highest BCUT2D eigenvalue weighted by atomic mass is 16.2. The maximum Gasteiger partial charge on any atom is 0.276 e. The van der Waals surface area contributed by atoms with Gasteiger partial charge in [0, 0.05) is 23.1 Å². The minimum atomic E-state index is -0.390. The van der Waals surface area contributed by atoms with Gasteiger partial charge in [-0.3, -0.25) is 9.59 Å². The number of rotatable bonds is 5. The van der Waals surface area contributed by atoms with Gasteiger partial charge in [0.15, 0.2) is 0 Å². The Morgan fingerprint density at radius 2 is 1.28 bits per heavy atom. The van der Waals surface area contributed by atoms with Crippen molar-refractivity contribution in [2.45, 2.75) is 0 Å². The molecule has 0 atom stereocenters. The summed E-state index contributed by atoms with van der Waals surface area (Å²) in [6.07, 6.45) is 0. The van der Waals surface area contributed by atoms with E-state index in [2.05, 4.69) is 15.7 Å². The summed E-state index contributed by atoms with van der Waals surface area (Å²) in [5, 5.41) is 10.3. The number of amides is 1. The molecule has 6 heteroatoms. The highest BCUT2D eigenvalue weighted by Gasteiger charge is 2.11. The predicted molar refractivity (Wildman–Crippen MR) is 114 cm³/mol. The van der Waals surface area contributed by atoms with Crippen LogP contribution in [-0.4, -0.2) is 15.7 Å². The number of benzene rings is 3. The first-order valence-electron chi connectivity index (χ1n) is 9.08. The molecule has 0 aliphatic rings. The van der Waals surface area contributed by atoms with Gasteiger partial charge < -0.3 is 10.6 Å². The molecule has 0 saturated heterocycles. The van der Waals surface area contributed by atoms with Crippen LogP contribution in [0.2, 0.25) is 0 Å². The van der Waals surface area contributed by atoms with E-state index in [1.807, 2.05) is 48.5 Å². The zero-order chi connectivity index (χ0) is 20.1. The first-order chi connectivity index (χ1) is 14.2. The number of para-hydroxylation sites is 2. The summed E-state index contributed by atoms with van der Waals surface area (Å²) >= 11 is 0. The highest BCUT2D eigenvalue weighted by Crippen LogP contribution is 2.19. The molecular weight excluding hydrogens is 364 g/mol. The van der Waals surface area contributed by atoms with Crippen molar-refractivity contribution < 1.29 is 4.79 Å². The van der Waals surface area contributed by atoms with E-state index in [4.69, 9.17) is 0 Å². The van der Waals surface area contributed by atoms with Crippen molar-refractivity contribution in [3.63, 3.8) is 0 Å². The first kappa shape index (κ1) is 18.2. The van der Waals surface area contributed by atoms with Crippen LogP contribution in [0.15, 0.2) is 102 Å². The lowest BCUT2D eigenvalue weighted by Crippen LogP contribution is -2.24. The minimum Gasteiger partial charge on any atom is -0.356 e. The standard InChI is InChI=1S/C23H18N4O2/c28-22-16-15-21(26-27(22)20-9-5-2-6-10-20)23(29)25-19-13-11-18(12-14-19)24-17-7-3-1-4-8-17/h1-16,24H,(H,25,29). The lowest BCUT2D eigenvalue weighted by Gasteiger charge is -2.09. The third-order valence-corrected chi connectivity index (χ3v) is 4.24. The van der Waals surface area contributed by atoms with Crippen molar-refractivity contribution in [3.8, 4) is 5.69 Å². The van der Waals surface area contributed by atoms with Crippen LogP contribution >= 0.6 is 0 Å². The Morgan fingerprint density at radius 3 is 1.97 bits per heavy atom. The molecule has 1 heterocycles. The third-order valence-electron chi connectivity index (χ3n) is 4.24. The summed E-state index contributed by atoms with van der Waals surface area (Å²) < 4.78 is 1.21. The van der Waals surface area contributed by atoms with Crippen LogP contribution in [0.25, 0.3) is 5.69 Å². The molecule has 0 saturated carbocycles. The maximum absolute atomic E-state index is 12.6. The van der Waals surface area contributed by atoms with Crippen LogP contribution in [0.1, 0.15) is 10.5 Å². The molecule has 4 rings (SSSR count). The van der Waals surface area contributed by atoms with Gasteiger partial charge in [-0.05, 0) is 54.6 Å². The second kappa shape index (κ2) is 8.22. The van der Waals surface area contributed by atoms with Gasteiger partial charge in [0.25, 0.3) is 11.5 Å². The number of hydrogen-bond acceptors (Lipinski definition) is 4. The molecule has 1 amide bonds. The zero-order valence-electron chi connectivity index (χ0n) is 15.4. The van der Waals surface area contributed by atoms with Crippen molar-refractivity contribution >= 4 is 23.0 Å². The molecule has 0 aliphatic heterocycles. The molecule has 6 nitrogen and oxygen atoms in total. The van der Waals surface area contributed by atoms with Crippen LogP contribution in [0.4, 0.5) is 17.1 Å². The molecule has 3 aromatic carbocycles. The molecule has 0 bridgehead atoms. The number of nitrogens with one attached hydrogen (secondary N) is 2. The topological polar surface area (TPSA) is 76.0 Å². The van der Waals surface area contributed by atoms with Gasteiger partial charge in [0.2, 0.25) is 0 Å². The quantitative estimate of drug-likeness (QED) is 0.542. The smallest absolute Gasteiger partial charge is 0.276 e. The van der Waals surface area contributed by atoms with Gasteiger partial charge in [-0.25, -0.2) is 0 Å². The van der Waals surface area contributed by atoms with Gasteiger partial charge in [-0.1, -0.05) is 36.4 Å². The van der Waals surface area contributed by atoms with Crippen molar-refractivity contribution in [1.29, 1.82) is 0 Å². The highest BCUT2D eigenvalue weighted by molar-refractivity contribution is 6.02. The van der Waals surface area contributed by atoms with E-state index in [1.54, 1.807) is 36.4 Å². The Labute approximate surface area is 167 Å². The lowest BCUT2D eigenvalue weighted by molar-refractivity contribution is 0.102. The van der Waals surface area contributed by atoms with Crippen LogP contribution < -0.4 is 16.2 Å². The lowest BCUT2D eigenvalue weighted by atomic mass is 10.2. The second-order valence-electron chi connectivity index (χ2n) is 6.33. The van der Waals surface area contributed by atoms with Crippen molar-refractivity contribution in [2.75, 3.05) is 10.6 Å². The molecule has 2 N–H and O–H groups in total. The van der Waals surface area contributed by atoms with Gasteiger partial charge in [0.1, 0.15) is 5.69 Å². The number of nitrogens with zero attached hydrogens (tertiary/aromatic N) is 2. The second-order valence-corrected chi connectivity index (χ2v) is 6.33.